The zero-order valence-electron chi connectivity index (χ0n) is 18.5. The van der Waals surface area contributed by atoms with Gasteiger partial charge >= 0.3 is 0 Å². The Morgan fingerprint density at radius 1 is 0.500 bits per heavy atom. The first-order valence-corrected chi connectivity index (χ1v) is 11.5. The summed E-state index contributed by atoms with van der Waals surface area (Å²) >= 11 is 0. The molecule has 0 saturated carbocycles. The number of anilines is 3. The molecule has 34 heavy (non-hydrogen) atoms. The number of hydrogen-bond acceptors (Lipinski definition) is 2. The van der Waals surface area contributed by atoms with Crippen LogP contribution in [0.4, 0.5) is 17.1 Å². The minimum atomic E-state index is 0.960. The molecule has 1 aromatic heterocycles. The van der Waals surface area contributed by atoms with Crippen LogP contribution in [0.15, 0.2) is 127 Å². The third-order valence-corrected chi connectivity index (χ3v) is 6.51. The summed E-state index contributed by atoms with van der Waals surface area (Å²) in [5.74, 6) is 0.960. The number of aromatic nitrogens is 2. The standard InChI is InChI=1S/C31H21N3/c1-4-12-22(13-5-1)25-18-10-20-27-29(25)33(24-16-8-3-9-17-24)28-21-11-19-26-30(28)34(27)31(32-26)23-14-6-2-7-15-23/h1-21H. The average molecular weight is 436 g/mol. The maximum atomic E-state index is 5.12. The Balaban J connectivity index is 1.64. The van der Waals surface area contributed by atoms with Gasteiger partial charge in [0.1, 0.15) is 5.82 Å². The van der Waals surface area contributed by atoms with Crippen LogP contribution >= 0.6 is 0 Å². The fraction of sp³-hybridized carbons (Fsp3) is 0. The number of nitrogens with zero attached hydrogens (tertiary/aromatic N) is 3. The Hall–Kier alpha value is -4.63. The molecule has 0 amide bonds. The molecule has 2 heterocycles. The zero-order valence-corrected chi connectivity index (χ0v) is 18.5. The van der Waals surface area contributed by atoms with E-state index in [1.165, 1.54) is 11.1 Å². The van der Waals surface area contributed by atoms with Crippen LogP contribution < -0.4 is 4.90 Å². The molecule has 0 aliphatic carbocycles. The molecule has 0 spiro atoms. The summed E-state index contributed by atoms with van der Waals surface area (Å²) < 4.78 is 2.33. The Kier molecular flexibility index (Phi) is 4.15. The molecular formula is C31H21N3. The van der Waals surface area contributed by atoms with Crippen molar-refractivity contribution in [2.24, 2.45) is 0 Å². The molecule has 160 valence electrons. The van der Waals surface area contributed by atoms with Gasteiger partial charge in [0.05, 0.1) is 28.1 Å². The van der Waals surface area contributed by atoms with Gasteiger partial charge in [0.15, 0.2) is 0 Å². The van der Waals surface area contributed by atoms with Crippen LogP contribution in [-0.4, -0.2) is 9.55 Å². The number of benzene rings is 5. The smallest absolute Gasteiger partial charge is 0.145 e. The number of fused-ring (bicyclic) bond motifs is 2. The molecule has 0 radical (unpaired) electrons. The van der Waals surface area contributed by atoms with E-state index in [2.05, 4.69) is 131 Å². The van der Waals surface area contributed by atoms with Crippen molar-refractivity contribution in [2.75, 3.05) is 4.90 Å². The Morgan fingerprint density at radius 2 is 1.12 bits per heavy atom. The van der Waals surface area contributed by atoms with E-state index in [1.54, 1.807) is 0 Å². The second-order valence-corrected chi connectivity index (χ2v) is 8.49. The summed E-state index contributed by atoms with van der Waals surface area (Å²) in [7, 11) is 0. The minimum absolute atomic E-state index is 0.960. The van der Waals surface area contributed by atoms with Crippen LogP contribution in [-0.2, 0) is 0 Å². The lowest BCUT2D eigenvalue weighted by atomic mass is 9.98. The number of para-hydroxylation sites is 3. The van der Waals surface area contributed by atoms with E-state index < -0.39 is 0 Å². The van der Waals surface area contributed by atoms with Crippen molar-refractivity contribution in [1.82, 2.24) is 9.55 Å². The lowest BCUT2D eigenvalue weighted by molar-refractivity contribution is 1.06. The monoisotopic (exact) mass is 435 g/mol. The molecule has 0 N–H and O–H groups in total. The van der Waals surface area contributed by atoms with E-state index in [1.807, 2.05) is 6.07 Å². The normalized spacial score (nSPS) is 12.1. The summed E-state index contributed by atoms with van der Waals surface area (Å²) in [6.45, 7) is 0. The summed E-state index contributed by atoms with van der Waals surface area (Å²) in [4.78, 5) is 7.51. The molecule has 0 fully saturated rings. The van der Waals surface area contributed by atoms with Crippen LogP contribution in [0.3, 0.4) is 0 Å². The molecule has 3 heteroatoms. The number of rotatable bonds is 3. The van der Waals surface area contributed by atoms with Crippen molar-refractivity contribution in [3.63, 3.8) is 0 Å². The lowest BCUT2D eigenvalue weighted by Gasteiger charge is -2.34. The molecular weight excluding hydrogens is 414 g/mol. The fourth-order valence-electron chi connectivity index (χ4n) is 5.07. The third kappa shape index (κ3) is 2.74. The summed E-state index contributed by atoms with van der Waals surface area (Å²) in [6, 6.07) is 44.7. The van der Waals surface area contributed by atoms with Crippen LogP contribution in [0, 0.1) is 0 Å². The first-order chi connectivity index (χ1) is 16.9. The second-order valence-electron chi connectivity index (χ2n) is 8.49. The quantitative estimate of drug-likeness (QED) is 0.279. The van der Waals surface area contributed by atoms with E-state index in [4.69, 9.17) is 4.98 Å². The number of imidazole rings is 1. The molecule has 3 nitrogen and oxygen atoms in total. The topological polar surface area (TPSA) is 21.1 Å². The predicted molar refractivity (Wildman–Crippen MR) is 140 cm³/mol. The average Bonchev–Trinajstić information content (AvgIpc) is 3.31. The largest absolute Gasteiger partial charge is 0.306 e. The van der Waals surface area contributed by atoms with Gasteiger partial charge in [-0.25, -0.2) is 4.98 Å². The van der Waals surface area contributed by atoms with Crippen molar-refractivity contribution in [1.29, 1.82) is 0 Å². The first-order valence-electron chi connectivity index (χ1n) is 11.5. The molecule has 0 saturated heterocycles. The highest BCUT2D eigenvalue weighted by Gasteiger charge is 2.31. The minimum Gasteiger partial charge on any atom is -0.306 e. The number of hydrogen-bond donors (Lipinski definition) is 0. The molecule has 7 rings (SSSR count). The summed E-state index contributed by atoms with van der Waals surface area (Å²) in [6.07, 6.45) is 0. The van der Waals surface area contributed by atoms with Gasteiger partial charge in [-0.05, 0) is 35.9 Å². The van der Waals surface area contributed by atoms with Gasteiger partial charge in [-0.2, -0.15) is 0 Å². The summed E-state index contributed by atoms with van der Waals surface area (Å²) in [5.41, 5.74) is 10.2. The SMILES string of the molecule is c1ccc(-c2cccc3c2N(c2ccccc2)c2cccc4nc(-c5ccccc5)n-3c24)cc1. The van der Waals surface area contributed by atoms with Gasteiger partial charge in [-0.1, -0.05) is 97.1 Å². The highest BCUT2D eigenvalue weighted by Crippen LogP contribution is 2.51. The Bertz CT molecular complexity index is 1640. The highest BCUT2D eigenvalue weighted by atomic mass is 15.2. The molecule has 0 atom stereocenters. The summed E-state index contributed by atoms with van der Waals surface area (Å²) in [5, 5.41) is 0. The van der Waals surface area contributed by atoms with Gasteiger partial charge in [0, 0.05) is 16.8 Å². The zero-order chi connectivity index (χ0) is 22.5. The van der Waals surface area contributed by atoms with Gasteiger partial charge in [-0.15, -0.1) is 0 Å². The van der Waals surface area contributed by atoms with Crippen molar-refractivity contribution in [3.8, 4) is 28.2 Å². The van der Waals surface area contributed by atoms with Gasteiger partial charge in [0.2, 0.25) is 0 Å². The maximum Gasteiger partial charge on any atom is 0.145 e. The van der Waals surface area contributed by atoms with Crippen LogP contribution in [0.2, 0.25) is 0 Å². The van der Waals surface area contributed by atoms with Crippen molar-refractivity contribution in [3.05, 3.63) is 127 Å². The molecule has 1 aliphatic rings. The Morgan fingerprint density at radius 3 is 1.85 bits per heavy atom. The van der Waals surface area contributed by atoms with E-state index in [9.17, 15) is 0 Å². The fourth-order valence-corrected chi connectivity index (χ4v) is 5.07. The van der Waals surface area contributed by atoms with Crippen LogP contribution in [0.1, 0.15) is 0 Å². The van der Waals surface area contributed by atoms with Gasteiger partial charge in [0.25, 0.3) is 0 Å². The second kappa shape index (κ2) is 7.46. The predicted octanol–water partition coefficient (Wildman–Crippen LogP) is 8.14. The van der Waals surface area contributed by atoms with E-state index in [0.717, 1.165) is 45.2 Å². The van der Waals surface area contributed by atoms with Crippen molar-refractivity contribution in [2.45, 2.75) is 0 Å². The lowest BCUT2D eigenvalue weighted by Crippen LogP contribution is -2.19. The Labute approximate surface area is 198 Å². The highest BCUT2D eigenvalue weighted by molar-refractivity contribution is 6.06. The van der Waals surface area contributed by atoms with E-state index in [0.29, 0.717) is 0 Å². The van der Waals surface area contributed by atoms with Crippen molar-refractivity contribution >= 4 is 28.1 Å². The van der Waals surface area contributed by atoms with E-state index in [-0.39, 0.29) is 0 Å². The van der Waals surface area contributed by atoms with Crippen LogP contribution in [0.25, 0.3) is 39.2 Å². The molecule has 0 bridgehead atoms. The van der Waals surface area contributed by atoms with Gasteiger partial charge in [-0.3, -0.25) is 4.57 Å². The van der Waals surface area contributed by atoms with Crippen LogP contribution in [0.5, 0.6) is 0 Å². The van der Waals surface area contributed by atoms with E-state index >= 15 is 0 Å². The first kappa shape index (κ1) is 18.9. The molecule has 1 aliphatic heterocycles. The molecule has 0 unspecified atom stereocenters. The van der Waals surface area contributed by atoms with Gasteiger partial charge < -0.3 is 4.90 Å². The van der Waals surface area contributed by atoms with Crippen molar-refractivity contribution < 1.29 is 0 Å². The molecule has 5 aromatic carbocycles. The third-order valence-electron chi connectivity index (χ3n) is 6.51. The molecule has 6 aromatic rings. The maximum absolute atomic E-state index is 5.12.